The summed E-state index contributed by atoms with van der Waals surface area (Å²) in [5, 5.41) is 0. The molecule has 0 fully saturated rings. The lowest BCUT2D eigenvalue weighted by molar-refractivity contribution is -0.142. The van der Waals surface area contributed by atoms with Crippen molar-refractivity contribution in [1.29, 1.82) is 0 Å². The van der Waals surface area contributed by atoms with Crippen LogP contribution in [0.5, 0.6) is 17.2 Å². The van der Waals surface area contributed by atoms with Crippen molar-refractivity contribution in [2.75, 3.05) is 28.4 Å². The second kappa shape index (κ2) is 6.84. The molecule has 0 aliphatic heterocycles. The number of methoxy groups -OCH3 is 4. The first-order chi connectivity index (χ1) is 9.08. The van der Waals surface area contributed by atoms with Crippen molar-refractivity contribution >= 4 is 5.97 Å². The second-order valence-electron chi connectivity index (χ2n) is 3.83. The third-order valence-corrected chi connectivity index (χ3v) is 2.73. The van der Waals surface area contributed by atoms with E-state index in [9.17, 15) is 4.79 Å². The van der Waals surface area contributed by atoms with E-state index >= 15 is 0 Å². The highest BCUT2D eigenvalue weighted by molar-refractivity contribution is 5.76. The van der Waals surface area contributed by atoms with Crippen LogP contribution in [0.3, 0.4) is 0 Å². The maximum Gasteiger partial charge on any atom is 0.322 e. The van der Waals surface area contributed by atoms with Crippen molar-refractivity contribution in [3.05, 3.63) is 17.7 Å². The Morgan fingerprint density at radius 2 is 1.74 bits per heavy atom. The molecule has 0 spiro atoms. The fraction of sp³-hybridized carbons (Fsp3) is 0.462. The number of hydrogen-bond acceptors (Lipinski definition) is 6. The van der Waals surface area contributed by atoms with Crippen molar-refractivity contribution in [2.24, 2.45) is 5.73 Å². The topological polar surface area (TPSA) is 80.0 Å². The number of hydrogen-bond donors (Lipinski definition) is 1. The van der Waals surface area contributed by atoms with Crippen molar-refractivity contribution < 1.29 is 23.7 Å². The zero-order valence-corrected chi connectivity index (χ0v) is 11.6. The third-order valence-electron chi connectivity index (χ3n) is 2.73. The van der Waals surface area contributed by atoms with Gasteiger partial charge in [-0.3, -0.25) is 4.79 Å². The number of nitrogens with two attached hydrogens (primary N) is 1. The van der Waals surface area contributed by atoms with E-state index in [1.807, 2.05) is 0 Å². The smallest absolute Gasteiger partial charge is 0.322 e. The van der Waals surface area contributed by atoms with Gasteiger partial charge in [0, 0.05) is 12.0 Å². The molecule has 1 aromatic carbocycles. The summed E-state index contributed by atoms with van der Waals surface area (Å²) in [5.74, 6) is 1.05. The molecule has 1 rings (SSSR count). The lowest BCUT2D eigenvalue weighted by atomic mass is 10.0. The molecule has 0 saturated carbocycles. The molecule has 6 nitrogen and oxygen atoms in total. The highest BCUT2D eigenvalue weighted by Crippen LogP contribution is 2.40. The standard InChI is InChI=1S/C13H19NO5/c1-16-10-6-5-8(7-9(14)13(15)19-4)11(17-2)12(10)18-3/h5-6,9H,7,14H2,1-4H3/t9-/m1/s1. The van der Waals surface area contributed by atoms with Crippen LogP contribution < -0.4 is 19.9 Å². The number of ether oxygens (including phenoxy) is 4. The minimum Gasteiger partial charge on any atom is -0.493 e. The van der Waals surface area contributed by atoms with Gasteiger partial charge in [-0.25, -0.2) is 0 Å². The SMILES string of the molecule is COC(=O)[C@H](N)Cc1ccc(OC)c(OC)c1OC. The van der Waals surface area contributed by atoms with Gasteiger partial charge in [0.15, 0.2) is 11.5 Å². The maximum atomic E-state index is 11.3. The lowest BCUT2D eigenvalue weighted by Gasteiger charge is -2.17. The van der Waals surface area contributed by atoms with E-state index in [-0.39, 0.29) is 6.42 Å². The molecule has 106 valence electrons. The molecule has 0 bridgehead atoms. The summed E-state index contributed by atoms with van der Waals surface area (Å²) in [5.41, 5.74) is 6.49. The molecule has 0 unspecified atom stereocenters. The molecule has 0 aliphatic carbocycles. The first-order valence-corrected chi connectivity index (χ1v) is 5.70. The fourth-order valence-electron chi connectivity index (χ4n) is 1.80. The molecule has 19 heavy (non-hydrogen) atoms. The molecule has 6 heteroatoms. The van der Waals surface area contributed by atoms with Gasteiger partial charge in [0.25, 0.3) is 0 Å². The molecule has 0 amide bonds. The van der Waals surface area contributed by atoms with Crippen LogP contribution in [0.1, 0.15) is 5.56 Å². The van der Waals surface area contributed by atoms with Crippen LogP contribution in [0.25, 0.3) is 0 Å². The number of esters is 1. The summed E-state index contributed by atoms with van der Waals surface area (Å²) in [6.45, 7) is 0. The highest BCUT2D eigenvalue weighted by atomic mass is 16.5. The van der Waals surface area contributed by atoms with E-state index in [1.54, 1.807) is 12.1 Å². The quantitative estimate of drug-likeness (QED) is 0.768. The molecule has 0 saturated heterocycles. The first kappa shape index (κ1) is 15.1. The highest BCUT2D eigenvalue weighted by Gasteiger charge is 2.21. The van der Waals surface area contributed by atoms with E-state index in [1.165, 1.54) is 28.4 Å². The zero-order valence-electron chi connectivity index (χ0n) is 11.6. The molecular weight excluding hydrogens is 250 g/mol. The van der Waals surface area contributed by atoms with Gasteiger partial charge >= 0.3 is 5.97 Å². The monoisotopic (exact) mass is 269 g/mol. The summed E-state index contributed by atoms with van der Waals surface area (Å²) in [6.07, 6.45) is 0.288. The summed E-state index contributed by atoms with van der Waals surface area (Å²) < 4.78 is 20.3. The Morgan fingerprint density at radius 1 is 1.11 bits per heavy atom. The van der Waals surface area contributed by atoms with Gasteiger partial charge in [0.2, 0.25) is 5.75 Å². The van der Waals surface area contributed by atoms with Crippen LogP contribution in [-0.2, 0) is 16.0 Å². The van der Waals surface area contributed by atoms with E-state index in [0.29, 0.717) is 17.2 Å². The Bertz CT molecular complexity index is 447. The zero-order chi connectivity index (χ0) is 14.4. The van der Waals surface area contributed by atoms with Gasteiger partial charge in [0.1, 0.15) is 6.04 Å². The Balaban J connectivity index is 3.11. The molecule has 1 aromatic rings. The van der Waals surface area contributed by atoms with Gasteiger partial charge in [0.05, 0.1) is 28.4 Å². The lowest BCUT2D eigenvalue weighted by Crippen LogP contribution is -2.33. The molecule has 0 heterocycles. The van der Waals surface area contributed by atoms with Gasteiger partial charge in [-0.15, -0.1) is 0 Å². The average Bonchev–Trinajstić information content (AvgIpc) is 2.45. The number of benzene rings is 1. The maximum absolute atomic E-state index is 11.3. The van der Waals surface area contributed by atoms with Crippen LogP contribution in [0, 0.1) is 0 Å². The van der Waals surface area contributed by atoms with Gasteiger partial charge < -0.3 is 24.7 Å². The predicted molar refractivity (Wildman–Crippen MR) is 69.8 cm³/mol. The first-order valence-electron chi connectivity index (χ1n) is 5.70. The Hall–Kier alpha value is -1.95. The fourth-order valence-corrected chi connectivity index (χ4v) is 1.80. The largest absolute Gasteiger partial charge is 0.493 e. The number of carbonyl (C=O) groups excluding carboxylic acids is 1. The van der Waals surface area contributed by atoms with E-state index in [0.717, 1.165) is 5.56 Å². The van der Waals surface area contributed by atoms with Crippen LogP contribution >= 0.6 is 0 Å². The Labute approximate surface area is 112 Å². The van der Waals surface area contributed by atoms with Gasteiger partial charge in [-0.2, -0.15) is 0 Å². The van der Waals surface area contributed by atoms with Crippen molar-refractivity contribution in [1.82, 2.24) is 0 Å². The Kier molecular flexibility index (Phi) is 5.44. The predicted octanol–water partition coefficient (Wildman–Crippen LogP) is 0.755. The average molecular weight is 269 g/mol. The normalized spacial score (nSPS) is 11.6. The minimum absolute atomic E-state index is 0.288. The number of carbonyl (C=O) groups is 1. The molecule has 0 aromatic heterocycles. The minimum atomic E-state index is -0.753. The molecule has 0 aliphatic rings. The summed E-state index contributed by atoms with van der Waals surface area (Å²) in [7, 11) is 5.88. The molecule has 0 radical (unpaired) electrons. The second-order valence-corrected chi connectivity index (χ2v) is 3.83. The van der Waals surface area contributed by atoms with Crippen LogP contribution in [0.15, 0.2) is 12.1 Å². The van der Waals surface area contributed by atoms with E-state index in [2.05, 4.69) is 4.74 Å². The van der Waals surface area contributed by atoms with Crippen molar-refractivity contribution in [3.63, 3.8) is 0 Å². The van der Waals surface area contributed by atoms with Crippen molar-refractivity contribution in [2.45, 2.75) is 12.5 Å². The third kappa shape index (κ3) is 3.29. The van der Waals surface area contributed by atoms with Crippen LogP contribution in [0.4, 0.5) is 0 Å². The summed E-state index contributed by atoms with van der Waals surface area (Å²) in [6, 6.07) is 2.76. The summed E-state index contributed by atoms with van der Waals surface area (Å²) >= 11 is 0. The molecule has 1 atom stereocenters. The van der Waals surface area contributed by atoms with Crippen LogP contribution in [-0.4, -0.2) is 40.5 Å². The molecular formula is C13H19NO5. The van der Waals surface area contributed by atoms with Crippen LogP contribution in [0.2, 0.25) is 0 Å². The van der Waals surface area contributed by atoms with Gasteiger partial charge in [-0.05, 0) is 6.07 Å². The molecule has 2 N–H and O–H groups in total. The Morgan fingerprint density at radius 3 is 2.21 bits per heavy atom. The van der Waals surface area contributed by atoms with E-state index < -0.39 is 12.0 Å². The van der Waals surface area contributed by atoms with E-state index in [4.69, 9.17) is 19.9 Å². The van der Waals surface area contributed by atoms with Crippen molar-refractivity contribution in [3.8, 4) is 17.2 Å². The summed E-state index contributed by atoms with van der Waals surface area (Å²) in [4.78, 5) is 11.3. The van der Waals surface area contributed by atoms with Gasteiger partial charge in [-0.1, -0.05) is 6.07 Å². The number of rotatable bonds is 6.